The van der Waals surface area contributed by atoms with Crippen LogP contribution in [0.25, 0.3) is 0 Å². The van der Waals surface area contributed by atoms with Crippen molar-refractivity contribution in [1.82, 2.24) is 0 Å². The van der Waals surface area contributed by atoms with Crippen LogP contribution in [0.3, 0.4) is 0 Å². The summed E-state index contributed by atoms with van der Waals surface area (Å²) in [6, 6.07) is 15.0. The molecule has 0 fully saturated rings. The number of carbonyl (C=O) groups excluding carboxylic acids is 1. The molecule has 0 radical (unpaired) electrons. The van der Waals surface area contributed by atoms with Gasteiger partial charge in [-0.2, -0.15) is 5.26 Å². The van der Waals surface area contributed by atoms with Gasteiger partial charge in [-0.05, 0) is 35.9 Å². The van der Waals surface area contributed by atoms with Crippen molar-refractivity contribution in [1.29, 1.82) is 5.26 Å². The summed E-state index contributed by atoms with van der Waals surface area (Å²) in [5.74, 6) is 0.0615. The quantitative estimate of drug-likeness (QED) is 0.829. The smallest absolute Gasteiger partial charge is 0.255 e. The topological polar surface area (TPSA) is 88.1 Å². The fraction of sp³-hybridized carbons (Fsp3) is 0.125. The average Bonchev–Trinajstić information content (AvgIpc) is 2.52. The lowest BCUT2D eigenvalue weighted by Gasteiger charge is -2.10. The van der Waals surface area contributed by atoms with Crippen LogP contribution >= 0.6 is 15.9 Å². The molecule has 0 aliphatic heterocycles. The Morgan fingerprint density at radius 1 is 1.32 bits per heavy atom. The number of hydrogen-bond donors (Lipinski definition) is 2. The first-order valence-electron chi connectivity index (χ1n) is 6.52. The van der Waals surface area contributed by atoms with E-state index in [1.165, 1.54) is 0 Å². The number of carbonyl (C=O) groups is 1. The van der Waals surface area contributed by atoms with E-state index in [-0.39, 0.29) is 6.61 Å². The Balaban J connectivity index is 2.04. The molecule has 2 rings (SSSR count). The zero-order valence-electron chi connectivity index (χ0n) is 11.7. The second kappa shape index (κ2) is 7.48. The summed E-state index contributed by atoms with van der Waals surface area (Å²) < 4.78 is 6.12. The minimum Gasteiger partial charge on any atom is -0.484 e. The van der Waals surface area contributed by atoms with Gasteiger partial charge in [-0.3, -0.25) is 4.79 Å². The second-order valence-corrected chi connectivity index (χ2v) is 5.47. The van der Waals surface area contributed by atoms with E-state index >= 15 is 0 Å². The van der Waals surface area contributed by atoms with E-state index in [9.17, 15) is 4.79 Å². The van der Waals surface area contributed by atoms with E-state index in [0.29, 0.717) is 17.9 Å². The van der Waals surface area contributed by atoms with Crippen molar-refractivity contribution in [3.05, 3.63) is 58.1 Å². The van der Waals surface area contributed by atoms with E-state index in [2.05, 4.69) is 27.3 Å². The van der Waals surface area contributed by atoms with E-state index < -0.39 is 5.91 Å². The number of nitriles is 1. The van der Waals surface area contributed by atoms with Crippen LogP contribution in [-0.2, 0) is 11.3 Å². The first-order valence-corrected chi connectivity index (χ1v) is 7.31. The Hall–Kier alpha value is -2.52. The van der Waals surface area contributed by atoms with Gasteiger partial charge in [0.25, 0.3) is 5.91 Å². The monoisotopic (exact) mass is 359 g/mol. The molecule has 22 heavy (non-hydrogen) atoms. The number of halogens is 1. The van der Waals surface area contributed by atoms with E-state index in [0.717, 1.165) is 15.7 Å². The first kappa shape index (κ1) is 15.9. The molecule has 5 nitrogen and oxygen atoms in total. The maximum Gasteiger partial charge on any atom is 0.255 e. The highest BCUT2D eigenvalue weighted by atomic mass is 79.9. The molecule has 0 aromatic heterocycles. The maximum absolute atomic E-state index is 10.7. The van der Waals surface area contributed by atoms with Gasteiger partial charge in [-0.1, -0.05) is 28.1 Å². The Kier molecular flexibility index (Phi) is 5.39. The predicted molar refractivity (Wildman–Crippen MR) is 87.3 cm³/mol. The number of hydrogen-bond acceptors (Lipinski definition) is 4. The molecule has 0 saturated heterocycles. The van der Waals surface area contributed by atoms with Crippen LogP contribution in [0.4, 0.5) is 5.69 Å². The summed E-state index contributed by atoms with van der Waals surface area (Å²) in [6.45, 7) is 0.381. The van der Waals surface area contributed by atoms with Crippen molar-refractivity contribution in [2.24, 2.45) is 5.73 Å². The molecule has 112 valence electrons. The fourth-order valence-corrected chi connectivity index (χ4v) is 2.22. The number of primary amides is 1. The third kappa shape index (κ3) is 4.50. The molecule has 0 spiro atoms. The summed E-state index contributed by atoms with van der Waals surface area (Å²) in [6.07, 6.45) is 0. The molecule has 0 aliphatic carbocycles. The van der Waals surface area contributed by atoms with Gasteiger partial charge in [0, 0.05) is 11.0 Å². The number of anilines is 1. The van der Waals surface area contributed by atoms with Gasteiger partial charge >= 0.3 is 0 Å². The Morgan fingerprint density at radius 3 is 2.86 bits per heavy atom. The molecular formula is C16H14BrN3O2. The molecule has 0 atom stereocenters. The van der Waals surface area contributed by atoms with Crippen molar-refractivity contribution in [3.8, 4) is 11.8 Å². The zero-order valence-corrected chi connectivity index (χ0v) is 13.3. The van der Waals surface area contributed by atoms with Crippen molar-refractivity contribution >= 4 is 27.5 Å². The minimum absolute atomic E-state index is 0.151. The van der Waals surface area contributed by atoms with Crippen molar-refractivity contribution in [3.63, 3.8) is 0 Å². The molecule has 0 heterocycles. The van der Waals surface area contributed by atoms with Gasteiger partial charge in [0.05, 0.1) is 11.3 Å². The van der Waals surface area contributed by atoms with E-state index in [1.807, 2.05) is 30.3 Å². The van der Waals surface area contributed by atoms with E-state index in [1.54, 1.807) is 12.1 Å². The summed E-state index contributed by atoms with van der Waals surface area (Å²) in [5, 5.41) is 12.3. The first-order chi connectivity index (χ1) is 10.6. The van der Waals surface area contributed by atoms with Crippen molar-refractivity contribution in [2.45, 2.75) is 6.54 Å². The number of nitrogens with one attached hydrogen (secondary N) is 1. The largest absolute Gasteiger partial charge is 0.484 e. The van der Waals surface area contributed by atoms with Crippen LogP contribution in [-0.4, -0.2) is 12.5 Å². The Labute approximate surface area is 136 Å². The van der Waals surface area contributed by atoms with Gasteiger partial charge in [-0.25, -0.2) is 0 Å². The molecule has 1 amide bonds. The van der Waals surface area contributed by atoms with Crippen LogP contribution in [0.2, 0.25) is 0 Å². The van der Waals surface area contributed by atoms with Gasteiger partial charge in [0.1, 0.15) is 11.8 Å². The van der Waals surface area contributed by atoms with Gasteiger partial charge in [0.2, 0.25) is 0 Å². The van der Waals surface area contributed by atoms with Crippen LogP contribution in [0, 0.1) is 11.3 Å². The Bertz CT molecular complexity index is 726. The van der Waals surface area contributed by atoms with Crippen molar-refractivity contribution in [2.75, 3.05) is 11.9 Å². The molecule has 0 saturated carbocycles. The van der Waals surface area contributed by atoms with Gasteiger partial charge in [0.15, 0.2) is 6.61 Å². The summed E-state index contributed by atoms with van der Waals surface area (Å²) in [7, 11) is 0. The zero-order chi connectivity index (χ0) is 15.9. The molecule has 0 unspecified atom stereocenters. The predicted octanol–water partition coefficient (Wildman–Crippen LogP) is 2.80. The number of rotatable bonds is 6. The lowest BCUT2D eigenvalue weighted by molar-refractivity contribution is -0.119. The highest BCUT2D eigenvalue weighted by Gasteiger charge is 2.04. The molecule has 0 aliphatic rings. The molecule has 6 heteroatoms. The second-order valence-electron chi connectivity index (χ2n) is 4.56. The number of nitrogens with zero attached hydrogens (tertiary/aromatic N) is 1. The summed E-state index contributed by atoms with van der Waals surface area (Å²) >= 11 is 3.34. The van der Waals surface area contributed by atoms with Crippen LogP contribution < -0.4 is 15.8 Å². The summed E-state index contributed by atoms with van der Waals surface area (Å²) in [5.41, 5.74) is 7.34. The SMILES string of the molecule is N#Cc1cc(Br)ccc1NCc1cccc(OCC(N)=O)c1. The normalized spacial score (nSPS) is 9.82. The maximum atomic E-state index is 10.7. The third-order valence-corrected chi connectivity index (χ3v) is 3.36. The lowest BCUT2D eigenvalue weighted by Crippen LogP contribution is -2.20. The minimum atomic E-state index is -0.517. The third-order valence-electron chi connectivity index (χ3n) is 2.86. The van der Waals surface area contributed by atoms with Gasteiger partial charge in [-0.15, -0.1) is 0 Å². The highest BCUT2D eigenvalue weighted by Crippen LogP contribution is 2.21. The van der Waals surface area contributed by atoms with E-state index in [4.69, 9.17) is 15.7 Å². The number of nitrogens with two attached hydrogens (primary N) is 1. The van der Waals surface area contributed by atoms with Crippen LogP contribution in [0.15, 0.2) is 46.9 Å². The summed E-state index contributed by atoms with van der Waals surface area (Å²) in [4.78, 5) is 10.7. The van der Waals surface area contributed by atoms with Crippen LogP contribution in [0.1, 0.15) is 11.1 Å². The lowest BCUT2D eigenvalue weighted by atomic mass is 10.1. The standard InChI is InChI=1S/C16H14BrN3O2/c17-13-4-5-15(12(7-13)8-18)20-9-11-2-1-3-14(6-11)22-10-16(19)21/h1-7,20H,9-10H2,(H2,19,21). The number of ether oxygens (including phenoxy) is 1. The number of amides is 1. The van der Waals surface area contributed by atoms with Crippen molar-refractivity contribution < 1.29 is 9.53 Å². The highest BCUT2D eigenvalue weighted by molar-refractivity contribution is 9.10. The average molecular weight is 360 g/mol. The molecule has 0 bridgehead atoms. The van der Waals surface area contributed by atoms with Crippen LogP contribution in [0.5, 0.6) is 5.75 Å². The molecule has 2 aromatic carbocycles. The molecule has 3 N–H and O–H groups in total. The number of benzene rings is 2. The molecule has 2 aromatic rings. The Morgan fingerprint density at radius 2 is 2.14 bits per heavy atom. The fourth-order valence-electron chi connectivity index (χ4n) is 1.86. The van der Waals surface area contributed by atoms with Gasteiger partial charge < -0.3 is 15.8 Å². The molecular weight excluding hydrogens is 346 g/mol.